The maximum Gasteiger partial charge on any atom is 0.438 e. The maximum absolute atomic E-state index is 13.4. The molecule has 1 unspecified atom stereocenters. The van der Waals surface area contributed by atoms with E-state index >= 15 is 0 Å². The van der Waals surface area contributed by atoms with Crippen LogP contribution < -0.4 is 4.74 Å². The smallest absolute Gasteiger partial charge is 0.438 e. The molecule has 1 aromatic carbocycles. The normalized spacial score (nSPS) is 20.3. The molecule has 26 heavy (non-hydrogen) atoms. The minimum absolute atomic E-state index is 0.126. The van der Waals surface area contributed by atoms with Gasteiger partial charge in [0.2, 0.25) is 0 Å². The van der Waals surface area contributed by atoms with Gasteiger partial charge in [-0.3, -0.25) is 4.79 Å². The van der Waals surface area contributed by atoms with Gasteiger partial charge >= 0.3 is 6.18 Å². The maximum atomic E-state index is 13.4. The van der Waals surface area contributed by atoms with Crippen molar-refractivity contribution in [1.82, 2.24) is 5.01 Å². The first-order valence-electron chi connectivity index (χ1n) is 8.46. The van der Waals surface area contributed by atoms with Crippen molar-refractivity contribution in [2.24, 2.45) is 5.10 Å². The van der Waals surface area contributed by atoms with Crippen molar-refractivity contribution >= 4 is 11.6 Å². The average Bonchev–Trinajstić information content (AvgIpc) is 2.88. The molecule has 1 N–H and O–H groups in total. The molecule has 0 aromatic heterocycles. The van der Waals surface area contributed by atoms with Crippen LogP contribution in [-0.4, -0.2) is 40.2 Å². The lowest BCUT2D eigenvalue weighted by Crippen LogP contribution is -2.57. The third-order valence-corrected chi connectivity index (χ3v) is 4.11. The second kappa shape index (κ2) is 7.65. The number of aryl methyl sites for hydroxylation is 2. The standard InChI is InChI=1S/C18H23F3N2O3/c1-4-5-6-14-10-17(25,18(19,20)21)23(22-14)16(24)11-26-15-8-12(2)7-13(3)9-15/h7-9,25H,4-6,10-11H2,1-3H3. The molecule has 1 atom stereocenters. The average molecular weight is 372 g/mol. The Morgan fingerprint density at radius 1 is 1.31 bits per heavy atom. The van der Waals surface area contributed by atoms with Gasteiger partial charge in [-0.05, 0) is 49.9 Å². The van der Waals surface area contributed by atoms with Gasteiger partial charge in [-0.25, -0.2) is 0 Å². The number of ether oxygens (including phenoxy) is 1. The van der Waals surface area contributed by atoms with Crippen molar-refractivity contribution in [2.45, 2.75) is 58.4 Å². The van der Waals surface area contributed by atoms with Crippen molar-refractivity contribution in [3.05, 3.63) is 29.3 Å². The summed E-state index contributed by atoms with van der Waals surface area (Å²) in [6, 6.07) is 5.26. The lowest BCUT2D eigenvalue weighted by Gasteiger charge is -2.32. The highest BCUT2D eigenvalue weighted by Crippen LogP contribution is 2.41. The molecule has 5 nitrogen and oxygen atoms in total. The van der Waals surface area contributed by atoms with Gasteiger partial charge in [0, 0.05) is 12.1 Å². The van der Waals surface area contributed by atoms with Gasteiger partial charge in [-0.2, -0.15) is 23.3 Å². The van der Waals surface area contributed by atoms with Crippen LogP contribution in [0.1, 0.15) is 43.7 Å². The fourth-order valence-corrected chi connectivity index (χ4v) is 2.84. The molecule has 144 valence electrons. The van der Waals surface area contributed by atoms with Gasteiger partial charge in [0.05, 0.1) is 0 Å². The molecule has 1 aliphatic rings. The SMILES string of the molecule is CCCCC1=NN(C(=O)COc2cc(C)cc(C)c2)C(O)(C(F)(F)F)C1. The minimum atomic E-state index is -5.01. The van der Waals surface area contributed by atoms with Crippen molar-refractivity contribution in [3.8, 4) is 5.75 Å². The Labute approximate surface area is 150 Å². The largest absolute Gasteiger partial charge is 0.484 e. The van der Waals surface area contributed by atoms with E-state index in [-0.39, 0.29) is 10.7 Å². The van der Waals surface area contributed by atoms with Crippen molar-refractivity contribution in [3.63, 3.8) is 0 Å². The first-order valence-corrected chi connectivity index (χ1v) is 8.46. The summed E-state index contributed by atoms with van der Waals surface area (Å²) in [5.41, 5.74) is -1.36. The van der Waals surface area contributed by atoms with Crippen LogP contribution in [0.2, 0.25) is 0 Å². The summed E-state index contributed by atoms with van der Waals surface area (Å²) in [6.45, 7) is 4.93. The van der Waals surface area contributed by atoms with Crippen molar-refractivity contribution in [2.75, 3.05) is 6.61 Å². The summed E-state index contributed by atoms with van der Waals surface area (Å²) in [5, 5.41) is 14.0. The number of amides is 1. The Bertz CT molecular complexity index is 683. The quantitative estimate of drug-likeness (QED) is 0.828. The number of aliphatic hydroxyl groups is 1. The Hall–Kier alpha value is -2.09. The molecule has 1 heterocycles. The first-order chi connectivity index (χ1) is 12.1. The predicted octanol–water partition coefficient (Wildman–Crippen LogP) is 3.71. The number of hydrogen-bond donors (Lipinski definition) is 1. The molecule has 0 saturated heterocycles. The molecule has 8 heteroatoms. The first kappa shape index (κ1) is 20.2. The number of carbonyl (C=O) groups is 1. The van der Waals surface area contributed by atoms with E-state index in [4.69, 9.17) is 4.74 Å². The van der Waals surface area contributed by atoms with Gasteiger partial charge < -0.3 is 9.84 Å². The zero-order chi connectivity index (χ0) is 19.5. The van der Waals surface area contributed by atoms with Crippen LogP contribution in [0.4, 0.5) is 13.2 Å². The lowest BCUT2D eigenvalue weighted by atomic mass is 10.0. The molecule has 0 fully saturated rings. The highest BCUT2D eigenvalue weighted by molar-refractivity contribution is 5.91. The zero-order valence-electron chi connectivity index (χ0n) is 15.1. The predicted molar refractivity (Wildman–Crippen MR) is 90.8 cm³/mol. The summed E-state index contributed by atoms with van der Waals surface area (Å²) >= 11 is 0. The summed E-state index contributed by atoms with van der Waals surface area (Å²) in [6.07, 6.45) is -4.04. The number of hydrazone groups is 1. The number of halogens is 3. The molecular formula is C18H23F3N2O3. The van der Waals surface area contributed by atoms with Gasteiger partial charge in [0.15, 0.2) is 6.61 Å². The summed E-state index contributed by atoms with van der Waals surface area (Å²) in [4.78, 5) is 12.3. The van der Waals surface area contributed by atoms with Crippen molar-refractivity contribution < 1.29 is 27.8 Å². The molecule has 1 aromatic rings. The van der Waals surface area contributed by atoms with E-state index in [1.165, 1.54) is 0 Å². The van der Waals surface area contributed by atoms with E-state index < -0.39 is 30.8 Å². The number of carbonyl (C=O) groups excluding carboxylic acids is 1. The molecule has 1 aliphatic heterocycles. The molecule has 0 saturated carbocycles. The van der Waals surface area contributed by atoms with E-state index in [1.807, 2.05) is 26.8 Å². The Kier molecular flexibility index (Phi) is 5.95. The highest BCUT2D eigenvalue weighted by Gasteiger charge is 2.63. The van der Waals surface area contributed by atoms with Crippen LogP contribution in [-0.2, 0) is 4.79 Å². The number of benzene rings is 1. The number of alkyl halides is 3. The van der Waals surface area contributed by atoms with Gasteiger partial charge in [-0.1, -0.05) is 19.4 Å². The molecule has 0 aliphatic carbocycles. The fraction of sp³-hybridized carbons (Fsp3) is 0.556. The molecule has 0 bridgehead atoms. The second-order valence-corrected chi connectivity index (χ2v) is 6.58. The van der Waals surface area contributed by atoms with E-state index in [9.17, 15) is 23.1 Å². The number of hydrogen-bond acceptors (Lipinski definition) is 4. The summed E-state index contributed by atoms with van der Waals surface area (Å²) < 4.78 is 45.4. The molecule has 0 radical (unpaired) electrons. The number of unbranched alkanes of at least 4 members (excludes halogenated alkanes) is 1. The lowest BCUT2D eigenvalue weighted by molar-refractivity contribution is -0.302. The second-order valence-electron chi connectivity index (χ2n) is 6.58. The fourth-order valence-electron chi connectivity index (χ4n) is 2.84. The Balaban J connectivity index is 2.15. The van der Waals surface area contributed by atoms with Crippen LogP contribution in [0.25, 0.3) is 0 Å². The van der Waals surface area contributed by atoms with E-state index in [0.717, 1.165) is 17.5 Å². The van der Waals surface area contributed by atoms with E-state index in [2.05, 4.69) is 5.10 Å². The molecule has 2 rings (SSSR count). The van der Waals surface area contributed by atoms with Gasteiger partial charge in [0.1, 0.15) is 5.75 Å². The Morgan fingerprint density at radius 3 is 2.46 bits per heavy atom. The van der Waals surface area contributed by atoms with E-state index in [0.29, 0.717) is 18.6 Å². The van der Waals surface area contributed by atoms with Gasteiger partial charge in [0.25, 0.3) is 11.6 Å². The number of nitrogens with zero attached hydrogens (tertiary/aromatic N) is 2. The third-order valence-electron chi connectivity index (χ3n) is 4.11. The minimum Gasteiger partial charge on any atom is -0.484 e. The summed E-state index contributed by atoms with van der Waals surface area (Å²) in [7, 11) is 0. The van der Waals surface area contributed by atoms with Crippen LogP contribution in [0.3, 0.4) is 0 Å². The van der Waals surface area contributed by atoms with Crippen LogP contribution in [0, 0.1) is 13.8 Å². The van der Waals surface area contributed by atoms with Crippen LogP contribution in [0.15, 0.2) is 23.3 Å². The van der Waals surface area contributed by atoms with Gasteiger partial charge in [-0.15, -0.1) is 0 Å². The molecular weight excluding hydrogens is 349 g/mol. The number of rotatable bonds is 6. The molecule has 1 amide bonds. The zero-order valence-corrected chi connectivity index (χ0v) is 15.1. The highest BCUT2D eigenvalue weighted by atomic mass is 19.4. The monoisotopic (exact) mass is 372 g/mol. The van der Waals surface area contributed by atoms with Crippen molar-refractivity contribution in [1.29, 1.82) is 0 Å². The van der Waals surface area contributed by atoms with Crippen LogP contribution in [0.5, 0.6) is 5.75 Å². The van der Waals surface area contributed by atoms with E-state index in [1.54, 1.807) is 12.1 Å². The third kappa shape index (κ3) is 4.35. The Morgan fingerprint density at radius 2 is 1.92 bits per heavy atom. The topological polar surface area (TPSA) is 62.1 Å². The molecule has 0 spiro atoms. The summed E-state index contributed by atoms with van der Waals surface area (Å²) in [5.74, 6) is -0.670. The van der Waals surface area contributed by atoms with Crippen LogP contribution >= 0.6 is 0 Å².